The van der Waals surface area contributed by atoms with Crippen LogP contribution in [0.4, 0.5) is 0 Å². The number of allylic oxidation sites excluding steroid dienone is 1. The van der Waals surface area contributed by atoms with Crippen molar-refractivity contribution >= 4 is 29.4 Å². The maximum absolute atomic E-state index is 15.3. The Bertz CT molecular complexity index is 1320. The average molecular weight is 417 g/mol. The molecule has 0 fully saturated rings. The lowest BCUT2D eigenvalue weighted by molar-refractivity contribution is 0.582. The molecule has 1 unspecified atom stereocenters. The molecule has 0 spiro atoms. The highest BCUT2D eigenvalue weighted by Gasteiger charge is 2.41. The molecule has 0 radical (unpaired) electrons. The van der Waals surface area contributed by atoms with Gasteiger partial charge in [-0.05, 0) is 28.3 Å². The van der Waals surface area contributed by atoms with Gasteiger partial charge in [0.05, 0.1) is 17.3 Å². The highest BCUT2D eigenvalue weighted by Crippen LogP contribution is 2.62. The summed E-state index contributed by atoms with van der Waals surface area (Å²) in [6, 6.07) is 37.8. The summed E-state index contributed by atoms with van der Waals surface area (Å²) in [5, 5.41) is 11.6. The average Bonchev–Trinajstić information content (AvgIpc) is 2.99. The molecule has 1 aliphatic rings. The second kappa shape index (κ2) is 7.88. The number of nitriles is 1. The minimum atomic E-state index is -3.17. The Kier molecular flexibility index (Phi) is 4.91. The molecule has 0 amide bonds. The second-order valence-electron chi connectivity index (χ2n) is 7.62. The predicted octanol–water partition coefficient (Wildman–Crippen LogP) is 6.17. The fraction of sp³-hybridized carbons (Fsp3) is 0.0357. The fourth-order valence-corrected chi connectivity index (χ4v) is 7.87. The van der Waals surface area contributed by atoms with Crippen LogP contribution in [0.15, 0.2) is 109 Å². The normalized spacial score (nSPS) is 15.1. The van der Waals surface area contributed by atoms with E-state index < -0.39 is 12.8 Å². The first kappa shape index (κ1) is 19.3. The SMILES string of the molecule is N#CC1=Cc2ccccc2C(P(=O)(c2ccccc2)c2ccccc2)c2ccccc21. The molecule has 0 bridgehead atoms. The highest BCUT2D eigenvalue weighted by atomic mass is 31.2. The van der Waals surface area contributed by atoms with Crippen LogP contribution in [-0.4, -0.2) is 0 Å². The molecule has 4 aromatic carbocycles. The Hall–Kier alpha value is -3.66. The van der Waals surface area contributed by atoms with Gasteiger partial charge in [0.1, 0.15) is 0 Å². The first-order chi connectivity index (χ1) is 15.2. The number of hydrogen-bond donors (Lipinski definition) is 0. The standard InChI is InChI=1S/C28H20NOP/c29-20-22-19-21-11-7-8-17-26(21)28(27-18-10-9-16-25(22)27)31(30,23-12-3-1-4-13-23)24-14-5-2-6-15-24/h1-19,28H. The van der Waals surface area contributed by atoms with Gasteiger partial charge in [-0.25, -0.2) is 0 Å². The summed E-state index contributed by atoms with van der Waals surface area (Å²) >= 11 is 0. The molecule has 0 heterocycles. The minimum absolute atomic E-state index is 0.396. The van der Waals surface area contributed by atoms with Crippen LogP contribution in [-0.2, 0) is 4.57 Å². The van der Waals surface area contributed by atoms with Gasteiger partial charge in [-0.2, -0.15) is 5.26 Å². The third-order valence-corrected chi connectivity index (χ3v) is 9.31. The first-order valence-electron chi connectivity index (χ1n) is 10.2. The van der Waals surface area contributed by atoms with E-state index in [-0.39, 0.29) is 0 Å². The van der Waals surface area contributed by atoms with Crippen LogP contribution in [0, 0.1) is 11.3 Å². The number of benzene rings is 4. The summed E-state index contributed by atoms with van der Waals surface area (Å²) in [5.41, 5.74) is 3.89. The van der Waals surface area contributed by atoms with Gasteiger partial charge in [0.2, 0.25) is 0 Å². The summed E-state index contributed by atoms with van der Waals surface area (Å²) in [4.78, 5) is 0. The van der Waals surface area contributed by atoms with E-state index in [0.29, 0.717) is 5.57 Å². The van der Waals surface area contributed by atoms with E-state index in [0.717, 1.165) is 32.9 Å². The van der Waals surface area contributed by atoms with Crippen molar-refractivity contribution in [1.29, 1.82) is 5.26 Å². The molecule has 0 saturated carbocycles. The quantitative estimate of drug-likeness (QED) is 0.374. The third-order valence-electron chi connectivity index (χ3n) is 5.90. The van der Waals surface area contributed by atoms with Crippen molar-refractivity contribution in [1.82, 2.24) is 0 Å². The van der Waals surface area contributed by atoms with Gasteiger partial charge < -0.3 is 4.57 Å². The lowest BCUT2D eigenvalue weighted by atomic mass is 9.97. The van der Waals surface area contributed by atoms with E-state index in [1.54, 1.807) is 0 Å². The summed E-state index contributed by atoms with van der Waals surface area (Å²) in [5.74, 6) is 0. The number of nitrogens with zero attached hydrogens (tertiary/aromatic N) is 1. The predicted molar refractivity (Wildman–Crippen MR) is 128 cm³/mol. The molecule has 0 N–H and O–H groups in total. The van der Waals surface area contributed by atoms with Crippen molar-refractivity contribution in [3.63, 3.8) is 0 Å². The Morgan fingerprint density at radius 2 is 1.16 bits per heavy atom. The van der Waals surface area contributed by atoms with E-state index in [9.17, 15) is 5.26 Å². The zero-order valence-corrected chi connectivity index (χ0v) is 17.7. The van der Waals surface area contributed by atoms with Crippen molar-refractivity contribution in [2.75, 3.05) is 0 Å². The zero-order valence-electron chi connectivity index (χ0n) is 16.8. The van der Waals surface area contributed by atoms with Crippen molar-refractivity contribution in [3.05, 3.63) is 131 Å². The molecule has 2 nitrogen and oxygen atoms in total. The fourth-order valence-electron chi connectivity index (χ4n) is 4.50. The van der Waals surface area contributed by atoms with Crippen LogP contribution in [0.5, 0.6) is 0 Å². The summed E-state index contributed by atoms with van der Waals surface area (Å²) in [6.07, 6.45) is 1.93. The van der Waals surface area contributed by atoms with Crippen LogP contribution in [0.2, 0.25) is 0 Å². The van der Waals surface area contributed by atoms with E-state index in [1.165, 1.54) is 0 Å². The van der Waals surface area contributed by atoms with E-state index in [4.69, 9.17) is 0 Å². The van der Waals surface area contributed by atoms with Crippen molar-refractivity contribution in [2.24, 2.45) is 0 Å². The molecule has 1 atom stereocenters. The molecular weight excluding hydrogens is 397 g/mol. The molecule has 1 aliphatic carbocycles. The third kappa shape index (κ3) is 3.15. The Morgan fingerprint density at radius 1 is 0.645 bits per heavy atom. The van der Waals surface area contributed by atoms with Gasteiger partial charge in [0, 0.05) is 10.6 Å². The van der Waals surface area contributed by atoms with Crippen LogP contribution in [0.25, 0.3) is 11.6 Å². The summed E-state index contributed by atoms with van der Waals surface area (Å²) < 4.78 is 15.3. The molecule has 31 heavy (non-hydrogen) atoms. The minimum Gasteiger partial charge on any atom is -0.313 e. The van der Waals surface area contributed by atoms with Crippen molar-refractivity contribution in [2.45, 2.75) is 5.66 Å². The number of fused-ring (bicyclic) bond motifs is 2. The van der Waals surface area contributed by atoms with Crippen LogP contribution < -0.4 is 10.6 Å². The topological polar surface area (TPSA) is 40.9 Å². The number of hydrogen-bond acceptors (Lipinski definition) is 2. The second-order valence-corrected chi connectivity index (χ2v) is 10.5. The maximum Gasteiger partial charge on any atom is 0.154 e. The van der Waals surface area contributed by atoms with Gasteiger partial charge >= 0.3 is 0 Å². The molecule has 0 saturated heterocycles. The Balaban J connectivity index is 1.91. The molecule has 5 rings (SSSR count). The molecule has 148 valence electrons. The monoisotopic (exact) mass is 417 g/mol. The lowest BCUT2D eigenvalue weighted by Gasteiger charge is -2.31. The first-order valence-corrected chi connectivity index (χ1v) is 12.0. The highest BCUT2D eigenvalue weighted by molar-refractivity contribution is 7.79. The van der Waals surface area contributed by atoms with Gasteiger partial charge in [-0.3, -0.25) is 0 Å². The smallest absolute Gasteiger partial charge is 0.154 e. The maximum atomic E-state index is 15.3. The molecule has 0 aromatic heterocycles. The number of rotatable bonds is 3. The van der Waals surface area contributed by atoms with Gasteiger partial charge in [0.25, 0.3) is 0 Å². The van der Waals surface area contributed by atoms with E-state index >= 15 is 4.57 Å². The summed E-state index contributed by atoms with van der Waals surface area (Å²) in [6.45, 7) is 0. The van der Waals surface area contributed by atoms with Gasteiger partial charge in [-0.1, -0.05) is 109 Å². The van der Waals surface area contributed by atoms with E-state index in [1.807, 2.05) is 115 Å². The van der Waals surface area contributed by atoms with Gasteiger partial charge in [-0.15, -0.1) is 0 Å². The zero-order chi connectivity index (χ0) is 21.3. The molecule has 3 heteroatoms. The Labute approximate surface area is 182 Å². The van der Waals surface area contributed by atoms with Gasteiger partial charge in [0.15, 0.2) is 7.14 Å². The summed E-state index contributed by atoms with van der Waals surface area (Å²) in [7, 11) is -3.17. The largest absolute Gasteiger partial charge is 0.313 e. The van der Waals surface area contributed by atoms with Crippen molar-refractivity contribution < 1.29 is 4.57 Å². The Morgan fingerprint density at radius 3 is 1.77 bits per heavy atom. The molecular formula is C28H20NOP. The molecule has 4 aromatic rings. The van der Waals surface area contributed by atoms with Crippen molar-refractivity contribution in [3.8, 4) is 6.07 Å². The van der Waals surface area contributed by atoms with E-state index in [2.05, 4.69) is 6.07 Å². The van der Waals surface area contributed by atoms with Crippen LogP contribution >= 0.6 is 7.14 Å². The lowest BCUT2D eigenvalue weighted by Crippen LogP contribution is -2.23. The molecule has 0 aliphatic heterocycles. The van der Waals surface area contributed by atoms with Crippen LogP contribution in [0.3, 0.4) is 0 Å². The van der Waals surface area contributed by atoms with Crippen LogP contribution in [0.1, 0.15) is 27.9 Å².